The molecule has 3 nitrogen and oxygen atoms in total. The Kier molecular flexibility index (Phi) is 3.94. The molecule has 2 rings (SSSR count). The van der Waals surface area contributed by atoms with Gasteiger partial charge in [-0.3, -0.25) is 4.79 Å². The molecule has 90 valence electrons. The van der Waals surface area contributed by atoms with Crippen LogP contribution in [0.15, 0.2) is 42.7 Å². The predicted molar refractivity (Wildman–Crippen MR) is 64.3 cm³/mol. The van der Waals surface area contributed by atoms with Crippen LogP contribution in [0.1, 0.15) is 18.9 Å². The van der Waals surface area contributed by atoms with Gasteiger partial charge in [0.2, 0.25) is 0 Å². The quantitative estimate of drug-likeness (QED) is 0.800. The zero-order valence-corrected chi connectivity index (χ0v) is 9.84. The van der Waals surface area contributed by atoms with Gasteiger partial charge in [-0.2, -0.15) is 0 Å². The summed E-state index contributed by atoms with van der Waals surface area (Å²) < 4.78 is 11.1. The SMILES string of the molecule is C[C@H](OCc1ccccc1)[C@@H]1CC(=O)C=CO1. The molecule has 17 heavy (non-hydrogen) atoms. The van der Waals surface area contributed by atoms with Crippen molar-refractivity contribution in [2.75, 3.05) is 0 Å². The van der Waals surface area contributed by atoms with Gasteiger partial charge in [-0.15, -0.1) is 0 Å². The monoisotopic (exact) mass is 232 g/mol. The van der Waals surface area contributed by atoms with Crippen LogP contribution in [0, 0.1) is 0 Å². The van der Waals surface area contributed by atoms with Gasteiger partial charge < -0.3 is 9.47 Å². The first-order valence-electron chi connectivity index (χ1n) is 5.76. The lowest BCUT2D eigenvalue weighted by molar-refractivity contribution is -0.122. The first kappa shape index (κ1) is 11.9. The fourth-order valence-corrected chi connectivity index (χ4v) is 1.72. The molecule has 1 aromatic rings. The van der Waals surface area contributed by atoms with E-state index in [0.717, 1.165) is 5.56 Å². The molecule has 1 aliphatic rings. The van der Waals surface area contributed by atoms with Crippen LogP contribution >= 0.6 is 0 Å². The molecule has 0 bridgehead atoms. The third-order valence-electron chi connectivity index (χ3n) is 2.79. The molecule has 1 heterocycles. The highest BCUT2D eigenvalue weighted by Crippen LogP contribution is 2.15. The first-order valence-corrected chi connectivity index (χ1v) is 5.76. The van der Waals surface area contributed by atoms with E-state index in [4.69, 9.17) is 9.47 Å². The minimum Gasteiger partial charge on any atom is -0.495 e. The molecule has 0 saturated carbocycles. The molecule has 2 atom stereocenters. The van der Waals surface area contributed by atoms with E-state index in [1.807, 2.05) is 37.3 Å². The Bertz CT molecular complexity index is 397. The van der Waals surface area contributed by atoms with Gasteiger partial charge in [0, 0.05) is 6.08 Å². The molecule has 1 aliphatic heterocycles. The maximum absolute atomic E-state index is 11.2. The summed E-state index contributed by atoms with van der Waals surface area (Å²) in [6.07, 6.45) is 3.05. The van der Waals surface area contributed by atoms with Gasteiger partial charge in [0.05, 0.1) is 25.4 Å². The van der Waals surface area contributed by atoms with Crippen LogP contribution in [-0.4, -0.2) is 18.0 Å². The number of carbonyl (C=O) groups excluding carboxylic acids is 1. The van der Waals surface area contributed by atoms with Crippen molar-refractivity contribution < 1.29 is 14.3 Å². The molecule has 0 saturated heterocycles. The average Bonchev–Trinajstić information content (AvgIpc) is 2.37. The Morgan fingerprint density at radius 2 is 2.18 bits per heavy atom. The number of ketones is 1. The summed E-state index contributed by atoms with van der Waals surface area (Å²) in [7, 11) is 0. The highest BCUT2D eigenvalue weighted by atomic mass is 16.5. The molecule has 0 aliphatic carbocycles. The Morgan fingerprint density at radius 3 is 2.88 bits per heavy atom. The van der Waals surface area contributed by atoms with Crippen LogP contribution in [0.3, 0.4) is 0 Å². The second-order valence-electron chi connectivity index (χ2n) is 4.15. The normalized spacial score (nSPS) is 21.0. The summed E-state index contributed by atoms with van der Waals surface area (Å²) >= 11 is 0. The summed E-state index contributed by atoms with van der Waals surface area (Å²) in [4.78, 5) is 11.2. The lowest BCUT2D eigenvalue weighted by Crippen LogP contribution is -2.31. The molecular formula is C14H16O3. The number of hydrogen-bond donors (Lipinski definition) is 0. The minimum atomic E-state index is -0.170. The minimum absolute atomic E-state index is 0.0934. The maximum atomic E-state index is 11.2. The zero-order valence-electron chi connectivity index (χ0n) is 9.84. The summed E-state index contributed by atoms with van der Waals surface area (Å²) in [6.45, 7) is 2.47. The second kappa shape index (κ2) is 5.64. The molecule has 0 radical (unpaired) electrons. The highest BCUT2D eigenvalue weighted by Gasteiger charge is 2.23. The molecule has 0 unspecified atom stereocenters. The summed E-state index contributed by atoms with van der Waals surface area (Å²) in [5, 5.41) is 0. The smallest absolute Gasteiger partial charge is 0.162 e. The Hall–Kier alpha value is -1.61. The molecule has 0 N–H and O–H groups in total. The number of rotatable bonds is 4. The molecular weight excluding hydrogens is 216 g/mol. The fraction of sp³-hybridized carbons (Fsp3) is 0.357. The van der Waals surface area contributed by atoms with Crippen molar-refractivity contribution in [3.05, 3.63) is 48.2 Å². The van der Waals surface area contributed by atoms with E-state index in [0.29, 0.717) is 13.0 Å². The molecule has 3 heteroatoms. The van der Waals surface area contributed by atoms with Crippen LogP contribution in [-0.2, 0) is 20.9 Å². The molecule has 0 amide bonds. The lowest BCUT2D eigenvalue weighted by Gasteiger charge is -2.25. The van der Waals surface area contributed by atoms with E-state index in [-0.39, 0.29) is 18.0 Å². The maximum Gasteiger partial charge on any atom is 0.162 e. The lowest BCUT2D eigenvalue weighted by atomic mass is 10.1. The van der Waals surface area contributed by atoms with Gasteiger partial charge in [0.1, 0.15) is 6.10 Å². The summed E-state index contributed by atoms with van der Waals surface area (Å²) in [6, 6.07) is 9.96. The summed E-state index contributed by atoms with van der Waals surface area (Å²) in [5.74, 6) is 0.0939. The molecule has 0 spiro atoms. The fourth-order valence-electron chi connectivity index (χ4n) is 1.72. The van der Waals surface area contributed by atoms with E-state index in [9.17, 15) is 4.79 Å². The summed E-state index contributed by atoms with van der Waals surface area (Å²) in [5.41, 5.74) is 1.12. The second-order valence-corrected chi connectivity index (χ2v) is 4.15. The van der Waals surface area contributed by atoms with Gasteiger partial charge in [-0.25, -0.2) is 0 Å². The molecule has 0 fully saturated rings. The standard InChI is InChI=1S/C14H16O3/c1-11(14-9-13(15)7-8-16-14)17-10-12-5-3-2-4-6-12/h2-8,11,14H,9-10H2,1H3/t11-,14-/m0/s1. The van der Waals surface area contributed by atoms with E-state index in [1.165, 1.54) is 12.3 Å². The van der Waals surface area contributed by atoms with Crippen molar-refractivity contribution in [1.82, 2.24) is 0 Å². The van der Waals surface area contributed by atoms with Crippen LogP contribution in [0.5, 0.6) is 0 Å². The van der Waals surface area contributed by atoms with Crippen LogP contribution in [0.25, 0.3) is 0 Å². The number of allylic oxidation sites excluding steroid dienone is 1. The van der Waals surface area contributed by atoms with Crippen molar-refractivity contribution >= 4 is 5.78 Å². The van der Waals surface area contributed by atoms with E-state index in [2.05, 4.69) is 0 Å². The van der Waals surface area contributed by atoms with Crippen molar-refractivity contribution in [2.24, 2.45) is 0 Å². The Balaban J connectivity index is 1.83. The number of ether oxygens (including phenoxy) is 2. The first-order chi connectivity index (χ1) is 8.25. The van der Waals surface area contributed by atoms with Crippen molar-refractivity contribution in [1.29, 1.82) is 0 Å². The third kappa shape index (κ3) is 3.43. The number of carbonyl (C=O) groups is 1. The van der Waals surface area contributed by atoms with Gasteiger partial charge in [-0.05, 0) is 12.5 Å². The number of benzene rings is 1. The van der Waals surface area contributed by atoms with Crippen molar-refractivity contribution in [3.8, 4) is 0 Å². The van der Waals surface area contributed by atoms with Gasteiger partial charge in [0.25, 0.3) is 0 Å². The van der Waals surface area contributed by atoms with E-state index >= 15 is 0 Å². The largest absolute Gasteiger partial charge is 0.495 e. The highest BCUT2D eigenvalue weighted by molar-refractivity contribution is 5.90. The van der Waals surface area contributed by atoms with Crippen LogP contribution < -0.4 is 0 Å². The van der Waals surface area contributed by atoms with E-state index < -0.39 is 0 Å². The molecule has 1 aromatic carbocycles. The number of hydrogen-bond acceptors (Lipinski definition) is 3. The van der Waals surface area contributed by atoms with Crippen molar-refractivity contribution in [2.45, 2.75) is 32.2 Å². The van der Waals surface area contributed by atoms with E-state index in [1.54, 1.807) is 0 Å². The zero-order chi connectivity index (χ0) is 12.1. The average molecular weight is 232 g/mol. The Labute approximate surface area is 101 Å². The predicted octanol–water partition coefficient (Wildman–Crippen LogP) is 2.46. The van der Waals surface area contributed by atoms with Crippen LogP contribution in [0.2, 0.25) is 0 Å². The van der Waals surface area contributed by atoms with Crippen molar-refractivity contribution in [3.63, 3.8) is 0 Å². The third-order valence-corrected chi connectivity index (χ3v) is 2.79. The van der Waals surface area contributed by atoms with Gasteiger partial charge in [-0.1, -0.05) is 30.3 Å². The van der Waals surface area contributed by atoms with Gasteiger partial charge in [0.15, 0.2) is 5.78 Å². The Morgan fingerprint density at radius 1 is 1.41 bits per heavy atom. The van der Waals surface area contributed by atoms with Gasteiger partial charge >= 0.3 is 0 Å². The molecule has 0 aromatic heterocycles. The van der Waals surface area contributed by atoms with Crippen LogP contribution in [0.4, 0.5) is 0 Å². The topological polar surface area (TPSA) is 35.5 Å².